The lowest BCUT2D eigenvalue weighted by Crippen LogP contribution is -2.54. The Morgan fingerprint density at radius 2 is 0.696 bits per heavy atom. The number of amides is 4. The highest BCUT2D eigenvalue weighted by molar-refractivity contribution is 9.10. The van der Waals surface area contributed by atoms with E-state index in [0.717, 1.165) is 143 Å². The fourth-order valence-corrected chi connectivity index (χ4v) is 26.3. The average molecular weight is 1990 g/mol. The van der Waals surface area contributed by atoms with E-state index in [1.165, 1.54) is 108 Å². The van der Waals surface area contributed by atoms with Crippen LogP contribution in [0.4, 0.5) is 26.3 Å². The van der Waals surface area contributed by atoms with Gasteiger partial charge in [0.05, 0.1) is 22.8 Å². The highest BCUT2D eigenvalue weighted by atomic mass is 79.9. The standard InChI is InChI=1S/C28H29F2N3O2.C27H26BrF2N3O2.C27H26ClF2N3O2.C27H36ClN3O2/c1-15-4-8-19-24(10-15)35-14-20-25(32-33(26(19)20)23-9-7-18(29)12-22(23)30)27(34)31-13-16-5-6-17-11-21(16)28(17,2)3;2*1-27(2)15-4-3-14(20(27)9-15)12-31-26(34)24-19-13-35-23-10-16(28)5-7-18(23)25(19)33(32-24)22-8-6-17(29)11-21(22)30;1-17-7-10-20-23(13-17)33-16-21-24(30-31(25(20)21)12-6-4-5-11-28)26(32)29-15-18-8-9-19-14-22(18)27(19,2)3/h4,7-10,12,16-17,21H,5-6,11,13-14H2,1-3H3,(H,31,34);2*5-8,10-11,14-15,20H,3-4,9,12-13H2,1-2H3,(H,31,34);7,10,13,18-19,22H,4-6,8-9,11-12,14-16H2,1-3H3,(H,29,32). The molecule has 20 nitrogen and oxygen atoms in total. The number of halogens is 9. The minimum absolute atomic E-state index is 0.0547. The van der Waals surface area contributed by atoms with Crippen molar-refractivity contribution < 1.29 is 64.5 Å². The van der Waals surface area contributed by atoms with Gasteiger partial charge >= 0.3 is 0 Å². The first-order valence-corrected chi connectivity index (χ1v) is 50.7. The van der Waals surface area contributed by atoms with Crippen LogP contribution in [0.1, 0.15) is 227 Å². The quantitative estimate of drug-likeness (QED) is 0.0318. The molecule has 12 atom stereocenters. The monoisotopic (exact) mass is 1980 g/mol. The number of unbranched alkanes of at least 4 members (excludes halogenated alkanes) is 2. The molecule has 29 heteroatoms. The van der Waals surface area contributed by atoms with E-state index >= 15 is 0 Å². The van der Waals surface area contributed by atoms with Crippen molar-refractivity contribution in [3.8, 4) is 85.1 Å². The number of carbonyl (C=O) groups is 4. The van der Waals surface area contributed by atoms with Gasteiger partial charge in [-0.15, -0.1) is 11.6 Å². The molecule has 12 saturated carbocycles. The Hall–Kier alpha value is -10.9. The van der Waals surface area contributed by atoms with Crippen molar-refractivity contribution in [3.05, 3.63) is 228 Å². The summed E-state index contributed by atoms with van der Waals surface area (Å²) in [5.41, 5.74) is 13.5. The SMILES string of the molecule is CC1(C)C2CCC(CNC(=O)c3nn(-c4ccc(F)cc4F)c4c3COc3cc(Br)ccc3-4)C1C2.CC1(C)C2CCC(CNC(=O)c3nn(-c4ccc(F)cc4F)c4c3COc3cc(Cl)ccc3-4)C1C2.Cc1ccc2c(c1)OCc1c(C(=O)NCC3CCC4CC3C4(C)C)nn(-c3ccc(F)cc3F)c1-2.Cc1ccc2c(c1)OCc1c(C(=O)NCC3CCC4CC3C4(C)C)nn(CCCCCCl)c1-2. The second-order valence-corrected chi connectivity index (χ2v) is 44.5. The van der Waals surface area contributed by atoms with Crippen LogP contribution in [0.3, 0.4) is 0 Å². The van der Waals surface area contributed by atoms with Crippen molar-refractivity contribution in [1.82, 2.24) is 60.4 Å². The minimum Gasteiger partial charge on any atom is -0.488 e. The molecule has 8 heterocycles. The van der Waals surface area contributed by atoms with E-state index in [1.807, 2.05) is 48.0 Å². The highest BCUT2D eigenvalue weighted by Gasteiger charge is 2.58. The van der Waals surface area contributed by atoms with E-state index in [1.54, 1.807) is 18.2 Å². The van der Waals surface area contributed by atoms with Gasteiger partial charge in [0, 0.05) is 111 Å². The second-order valence-electron chi connectivity index (χ2n) is 42.8. The zero-order valence-corrected chi connectivity index (χ0v) is 82.6. The smallest absolute Gasteiger partial charge is 0.272 e. The maximum Gasteiger partial charge on any atom is 0.272 e. The molecular weight excluding hydrogens is 1870 g/mol. The predicted octanol–water partition coefficient (Wildman–Crippen LogP) is 24.2. The number of aryl methyl sites for hydroxylation is 3. The Labute approximate surface area is 818 Å². The number of alkyl halides is 1. The lowest BCUT2D eigenvalue weighted by Gasteiger charge is -2.60. The summed E-state index contributed by atoms with van der Waals surface area (Å²) in [5.74, 6) is 5.80. The van der Waals surface area contributed by atoms with Gasteiger partial charge in [0.15, 0.2) is 40.2 Å². The van der Waals surface area contributed by atoms with Crippen LogP contribution in [0, 0.1) is 141 Å². The molecule has 0 saturated heterocycles. The van der Waals surface area contributed by atoms with E-state index in [9.17, 15) is 45.5 Å². The van der Waals surface area contributed by atoms with Gasteiger partial charge in [-0.25, -0.2) is 40.4 Å². The third-order valence-electron chi connectivity index (χ3n) is 34.1. The first kappa shape index (κ1) is 94.7. The van der Waals surface area contributed by atoms with Crippen molar-refractivity contribution in [2.75, 3.05) is 32.1 Å². The van der Waals surface area contributed by atoms with Gasteiger partial charge in [0.1, 0.15) is 83.9 Å². The number of benzene rings is 7. The van der Waals surface area contributed by atoms with Crippen LogP contribution in [0.2, 0.25) is 5.02 Å². The number of nitrogens with one attached hydrogen (secondary N) is 4. The molecule has 12 aliphatic carbocycles. The Morgan fingerprint density at radius 3 is 1.03 bits per heavy atom. The fourth-order valence-electron chi connectivity index (χ4n) is 25.6. The number of rotatable bonds is 20. The van der Waals surface area contributed by atoms with Crippen molar-refractivity contribution in [2.24, 2.45) is 92.7 Å². The zero-order chi connectivity index (χ0) is 96.6. The fraction of sp³-hybridized carbons (Fsp3) is 0.468. The lowest BCUT2D eigenvalue weighted by molar-refractivity contribution is -0.103. The summed E-state index contributed by atoms with van der Waals surface area (Å²) in [5, 5.41) is 31.5. The normalized spacial score (nSPS) is 23.7. The van der Waals surface area contributed by atoms with Crippen LogP contribution in [-0.2, 0) is 33.0 Å². The van der Waals surface area contributed by atoms with Crippen molar-refractivity contribution >= 4 is 62.8 Å². The summed E-state index contributed by atoms with van der Waals surface area (Å²) in [6.07, 6.45) is 17.6. The molecule has 11 aromatic rings. The summed E-state index contributed by atoms with van der Waals surface area (Å²) in [4.78, 5) is 53.5. The third kappa shape index (κ3) is 17.3. The number of aromatic nitrogens is 8. The van der Waals surface area contributed by atoms with Gasteiger partial charge in [-0.3, -0.25) is 23.9 Å². The van der Waals surface area contributed by atoms with Crippen molar-refractivity contribution in [2.45, 2.75) is 199 Å². The van der Waals surface area contributed by atoms with Gasteiger partial charge in [0.2, 0.25) is 0 Å². The number of carbonyl (C=O) groups excluding carboxylic acids is 4. The number of hydrogen-bond acceptors (Lipinski definition) is 12. The molecule has 12 unspecified atom stereocenters. The molecule has 4 N–H and O–H groups in total. The van der Waals surface area contributed by atoms with Crippen LogP contribution in [-0.4, -0.2) is 94.8 Å². The van der Waals surface area contributed by atoms with E-state index in [0.29, 0.717) is 168 Å². The Bertz CT molecular complexity index is 6160. The van der Waals surface area contributed by atoms with Crippen LogP contribution >= 0.6 is 39.1 Å². The minimum atomic E-state index is -0.770. The van der Waals surface area contributed by atoms with Gasteiger partial charge < -0.3 is 40.2 Å². The molecule has 7 aromatic carbocycles. The predicted molar refractivity (Wildman–Crippen MR) is 520 cm³/mol. The molecule has 4 aromatic heterocycles. The molecule has 27 rings (SSSR count). The van der Waals surface area contributed by atoms with E-state index in [-0.39, 0.29) is 77.6 Å². The Morgan fingerprint density at radius 1 is 0.384 bits per heavy atom. The van der Waals surface area contributed by atoms with E-state index in [4.69, 9.17) is 47.2 Å². The van der Waals surface area contributed by atoms with Crippen LogP contribution < -0.4 is 40.2 Å². The number of fused-ring (bicyclic) bond motifs is 20. The van der Waals surface area contributed by atoms with Gasteiger partial charge in [-0.1, -0.05) is 101 Å². The third-order valence-corrected chi connectivity index (χ3v) is 35.0. The van der Waals surface area contributed by atoms with Gasteiger partial charge in [-0.05, 0) is 305 Å². The van der Waals surface area contributed by atoms with Crippen molar-refractivity contribution in [3.63, 3.8) is 0 Å². The first-order chi connectivity index (χ1) is 66.1. The number of ether oxygens (including phenoxy) is 4. The topological polar surface area (TPSA) is 225 Å². The molecule has 12 fully saturated rings. The second kappa shape index (κ2) is 37.3. The largest absolute Gasteiger partial charge is 0.488 e. The highest BCUT2D eigenvalue weighted by Crippen LogP contribution is 2.65. The zero-order valence-electron chi connectivity index (χ0n) is 79.5. The molecule has 724 valence electrons. The van der Waals surface area contributed by atoms with E-state index in [2.05, 4.69) is 133 Å². The molecule has 4 aliphatic heterocycles. The molecule has 138 heavy (non-hydrogen) atoms. The Balaban J connectivity index is 0.000000113. The van der Waals surface area contributed by atoms with Crippen LogP contribution in [0.15, 0.2) is 132 Å². The Kier molecular flexibility index (Phi) is 25.6. The summed E-state index contributed by atoms with van der Waals surface area (Å²) in [7, 11) is 0. The van der Waals surface area contributed by atoms with Crippen LogP contribution in [0.5, 0.6) is 23.0 Å². The summed E-state index contributed by atoms with van der Waals surface area (Å²) in [6, 6.07) is 32.7. The summed E-state index contributed by atoms with van der Waals surface area (Å²) in [6.45, 7) is 26.9. The van der Waals surface area contributed by atoms with Crippen molar-refractivity contribution in [1.29, 1.82) is 0 Å². The van der Waals surface area contributed by atoms with Gasteiger partial charge in [0.25, 0.3) is 23.6 Å². The molecule has 8 bridgehead atoms. The maximum absolute atomic E-state index is 14.8. The maximum atomic E-state index is 14.8. The molecule has 0 radical (unpaired) electrons. The van der Waals surface area contributed by atoms with E-state index < -0.39 is 34.9 Å². The molecular formula is C109H117BrCl2F6N12O8. The average Bonchev–Trinajstić information content (AvgIpc) is 1.72. The summed E-state index contributed by atoms with van der Waals surface area (Å²) < 4.78 is 116. The number of hydrogen-bond donors (Lipinski definition) is 4. The van der Waals surface area contributed by atoms with Crippen LogP contribution in [0.25, 0.3) is 62.1 Å². The molecule has 0 spiro atoms. The first-order valence-electron chi connectivity index (χ1n) is 48.9. The summed E-state index contributed by atoms with van der Waals surface area (Å²) >= 11 is 15.5. The molecule has 4 amide bonds. The van der Waals surface area contributed by atoms with Gasteiger partial charge in [-0.2, -0.15) is 20.4 Å². The molecule has 16 aliphatic rings. The number of nitrogens with zero attached hydrogens (tertiary/aromatic N) is 8. The lowest BCUT2D eigenvalue weighted by atomic mass is 9.45.